The van der Waals surface area contributed by atoms with E-state index in [4.69, 9.17) is 0 Å². The molecule has 2 rings (SSSR count). The molecule has 0 unspecified atom stereocenters. The molecule has 1 heterocycles. The second-order valence-corrected chi connectivity index (χ2v) is 6.17. The molecule has 9 heteroatoms. The Morgan fingerprint density at radius 2 is 2.00 bits per heavy atom. The van der Waals surface area contributed by atoms with Gasteiger partial charge in [0.15, 0.2) is 0 Å². The first kappa shape index (κ1) is 18.5. The third-order valence-electron chi connectivity index (χ3n) is 3.06. The zero-order valence-corrected chi connectivity index (χ0v) is 15.0. The number of carbonyl (C=O) groups is 2. The van der Waals surface area contributed by atoms with Gasteiger partial charge in [-0.15, -0.1) is 5.10 Å². The molecule has 0 aliphatic rings. The summed E-state index contributed by atoms with van der Waals surface area (Å²) in [5.74, 6) is 5.84. The molecule has 8 nitrogen and oxygen atoms in total. The highest BCUT2D eigenvalue weighted by molar-refractivity contribution is 7.99. The second-order valence-electron chi connectivity index (χ2n) is 5.23. The summed E-state index contributed by atoms with van der Waals surface area (Å²) in [6, 6.07) is 7.03. The summed E-state index contributed by atoms with van der Waals surface area (Å²) in [5.41, 5.74) is 1.39. The van der Waals surface area contributed by atoms with Crippen molar-refractivity contribution >= 4 is 23.6 Å². The topological polar surface area (TPSA) is 93.0 Å². The van der Waals surface area contributed by atoms with Crippen molar-refractivity contribution in [2.75, 3.05) is 26.4 Å². The Hall–Kier alpha value is -2.86. The summed E-state index contributed by atoms with van der Waals surface area (Å²) in [7, 11) is 5.12. The van der Waals surface area contributed by atoms with Crippen LogP contribution in [-0.4, -0.2) is 63.3 Å². The summed E-state index contributed by atoms with van der Waals surface area (Å²) in [6.45, 7) is 0.245. The van der Waals surface area contributed by atoms with Gasteiger partial charge >= 0.3 is 0 Å². The SMILES string of the molecule is CN(C)C(=O)c1ccc(C#CCNC(=O)CSc2nnnn2C)cc1. The van der Waals surface area contributed by atoms with Crippen LogP contribution in [0.1, 0.15) is 15.9 Å². The van der Waals surface area contributed by atoms with Crippen molar-refractivity contribution in [1.29, 1.82) is 0 Å². The van der Waals surface area contributed by atoms with Gasteiger partial charge in [0.2, 0.25) is 11.1 Å². The van der Waals surface area contributed by atoms with Gasteiger partial charge in [-0.25, -0.2) is 4.68 Å². The van der Waals surface area contributed by atoms with Gasteiger partial charge in [-0.05, 0) is 34.7 Å². The van der Waals surface area contributed by atoms with E-state index >= 15 is 0 Å². The highest BCUT2D eigenvalue weighted by atomic mass is 32.2. The molecule has 0 radical (unpaired) electrons. The first-order chi connectivity index (χ1) is 12.0. The maximum absolute atomic E-state index is 11.8. The zero-order chi connectivity index (χ0) is 18.2. The fourth-order valence-corrected chi connectivity index (χ4v) is 2.45. The number of amides is 2. The Labute approximate surface area is 150 Å². The van der Waals surface area contributed by atoms with Crippen molar-refractivity contribution in [2.24, 2.45) is 7.05 Å². The van der Waals surface area contributed by atoms with E-state index in [1.165, 1.54) is 21.3 Å². The van der Waals surface area contributed by atoms with Gasteiger partial charge in [-0.2, -0.15) is 0 Å². The molecular weight excluding hydrogens is 340 g/mol. The zero-order valence-electron chi connectivity index (χ0n) is 14.2. The van der Waals surface area contributed by atoms with Crippen LogP contribution in [0, 0.1) is 11.8 Å². The molecule has 2 aromatic rings. The van der Waals surface area contributed by atoms with Gasteiger partial charge in [0, 0.05) is 32.3 Å². The number of aryl methyl sites for hydroxylation is 1. The molecule has 0 aliphatic heterocycles. The Bertz CT molecular complexity index is 804. The van der Waals surface area contributed by atoms with E-state index in [0.29, 0.717) is 10.7 Å². The Balaban J connectivity index is 1.77. The summed E-state index contributed by atoms with van der Waals surface area (Å²) >= 11 is 1.25. The molecular formula is C16H18N6O2S. The van der Waals surface area contributed by atoms with E-state index in [0.717, 1.165) is 5.56 Å². The first-order valence-corrected chi connectivity index (χ1v) is 8.38. The average Bonchev–Trinajstić information content (AvgIpc) is 3.01. The smallest absolute Gasteiger partial charge is 0.253 e. The monoisotopic (exact) mass is 358 g/mol. The number of rotatable bonds is 5. The van der Waals surface area contributed by atoms with Crippen LogP contribution >= 0.6 is 11.8 Å². The predicted molar refractivity (Wildman–Crippen MR) is 93.9 cm³/mol. The third kappa shape index (κ3) is 5.61. The van der Waals surface area contributed by atoms with Crippen LogP contribution in [0.3, 0.4) is 0 Å². The predicted octanol–water partition coefficient (Wildman–Crippen LogP) is 0.172. The number of tetrazole rings is 1. The Morgan fingerprint density at radius 1 is 1.28 bits per heavy atom. The van der Waals surface area contributed by atoms with Gasteiger partial charge in [0.05, 0.1) is 12.3 Å². The Kier molecular flexibility index (Phi) is 6.54. The van der Waals surface area contributed by atoms with Crippen molar-refractivity contribution in [3.05, 3.63) is 35.4 Å². The number of carbonyl (C=O) groups excluding carboxylic acids is 2. The van der Waals surface area contributed by atoms with E-state index < -0.39 is 0 Å². The molecule has 0 fully saturated rings. The normalized spacial score (nSPS) is 9.88. The molecule has 0 saturated carbocycles. The minimum absolute atomic E-state index is 0.0533. The van der Waals surface area contributed by atoms with Crippen LogP contribution in [0.2, 0.25) is 0 Å². The maximum Gasteiger partial charge on any atom is 0.253 e. The highest BCUT2D eigenvalue weighted by Crippen LogP contribution is 2.11. The molecule has 2 amide bonds. The van der Waals surface area contributed by atoms with Crippen LogP contribution in [0.5, 0.6) is 0 Å². The molecule has 0 atom stereocenters. The molecule has 0 aliphatic carbocycles. The van der Waals surface area contributed by atoms with E-state index in [9.17, 15) is 9.59 Å². The molecule has 0 spiro atoms. The molecule has 1 N–H and O–H groups in total. The first-order valence-electron chi connectivity index (χ1n) is 7.40. The second kappa shape index (κ2) is 8.84. The lowest BCUT2D eigenvalue weighted by Crippen LogP contribution is -2.25. The number of hydrogen-bond acceptors (Lipinski definition) is 6. The molecule has 0 saturated heterocycles. The van der Waals surface area contributed by atoms with Crippen LogP contribution < -0.4 is 5.32 Å². The lowest BCUT2D eigenvalue weighted by molar-refractivity contribution is -0.118. The molecule has 0 bridgehead atoms. The summed E-state index contributed by atoms with van der Waals surface area (Å²) in [5, 5.41) is 14.3. The van der Waals surface area contributed by atoms with Gasteiger partial charge in [0.25, 0.3) is 5.91 Å². The Morgan fingerprint density at radius 3 is 2.60 bits per heavy atom. The molecule has 130 valence electrons. The lowest BCUT2D eigenvalue weighted by Gasteiger charge is -2.09. The van der Waals surface area contributed by atoms with Gasteiger partial charge in [-0.3, -0.25) is 9.59 Å². The van der Waals surface area contributed by atoms with E-state index in [-0.39, 0.29) is 24.1 Å². The largest absolute Gasteiger partial charge is 0.345 e. The number of benzene rings is 1. The quantitative estimate of drug-likeness (QED) is 0.605. The van der Waals surface area contributed by atoms with E-state index in [1.807, 2.05) is 0 Å². The molecule has 25 heavy (non-hydrogen) atoms. The number of nitrogens with one attached hydrogen (secondary N) is 1. The maximum atomic E-state index is 11.8. The molecule has 1 aromatic carbocycles. The van der Waals surface area contributed by atoms with Crippen molar-refractivity contribution in [3.8, 4) is 11.8 Å². The van der Waals surface area contributed by atoms with Crippen LogP contribution in [-0.2, 0) is 11.8 Å². The fourth-order valence-electron chi connectivity index (χ4n) is 1.77. The minimum Gasteiger partial charge on any atom is -0.345 e. The summed E-state index contributed by atoms with van der Waals surface area (Å²) < 4.78 is 1.50. The number of thioether (sulfide) groups is 1. The number of aromatic nitrogens is 4. The van der Waals surface area contributed by atoms with E-state index in [1.54, 1.807) is 45.4 Å². The number of hydrogen-bond donors (Lipinski definition) is 1. The molecule has 1 aromatic heterocycles. The van der Waals surface area contributed by atoms with Crippen molar-refractivity contribution in [2.45, 2.75) is 5.16 Å². The standard InChI is InChI=1S/C16H18N6O2S/c1-21(2)15(24)13-8-6-12(7-9-13)5-4-10-17-14(23)11-25-16-18-19-20-22(16)3/h6-9H,10-11H2,1-3H3,(H,17,23). The fraction of sp³-hybridized carbons (Fsp3) is 0.312. The van der Waals surface area contributed by atoms with Crippen LogP contribution in [0.25, 0.3) is 0 Å². The van der Waals surface area contributed by atoms with Crippen LogP contribution in [0.4, 0.5) is 0 Å². The highest BCUT2D eigenvalue weighted by Gasteiger charge is 2.07. The summed E-state index contributed by atoms with van der Waals surface area (Å²) in [4.78, 5) is 25.0. The van der Waals surface area contributed by atoms with Gasteiger partial charge in [-0.1, -0.05) is 23.6 Å². The minimum atomic E-state index is -0.144. The van der Waals surface area contributed by atoms with Gasteiger partial charge in [0.1, 0.15) is 0 Å². The average molecular weight is 358 g/mol. The van der Waals surface area contributed by atoms with Crippen LogP contribution in [0.15, 0.2) is 29.4 Å². The third-order valence-corrected chi connectivity index (χ3v) is 4.07. The van der Waals surface area contributed by atoms with Crippen molar-refractivity contribution < 1.29 is 9.59 Å². The lowest BCUT2D eigenvalue weighted by atomic mass is 10.1. The van der Waals surface area contributed by atoms with E-state index in [2.05, 4.69) is 32.7 Å². The summed E-state index contributed by atoms with van der Waals surface area (Å²) in [6.07, 6.45) is 0. The van der Waals surface area contributed by atoms with Gasteiger partial charge < -0.3 is 10.2 Å². The van der Waals surface area contributed by atoms with Crippen molar-refractivity contribution in [1.82, 2.24) is 30.4 Å². The number of nitrogens with zero attached hydrogens (tertiary/aromatic N) is 5. The van der Waals surface area contributed by atoms with Crippen molar-refractivity contribution in [3.63, 3.8) is 0 Å².